The minimum atomic E-state index is -4.44. The Morgan fingerprint density at radius 3 is 2.50 bits per heavy atom. The molecule has 0 N–H and O–H groups in total. The quantitative estimate of drug-likeness (QED) is 0.451. The van der Waals surface area contributed by atoms with Crippen LogP contribution in [0, 0.1) is 0 Å². The fourth-order valence-corrected chi connectivity index (χ4v) is 3.51. The van der Waals surface area contributed by atoms with Gasteiger partial charge in [0, 0.05) is 26.2 Å². The Kier molecular flexibility index (Phi) is 5.86. The number of hydrogen-bond donors (Lipinski definition) is 0. The van der Waals surface area contributed by atoms with Crippen molar-refractivity contribution in [3.8, 4) is 17.1 Å². The number of alkyl halides is 3. The van der Waals surface area contributed by atoms with E-state index in [0.717, 1.165) is 16.7 Å². The zero-order chi connectivity index (χ0) is 24.6. The van der Waals surface area contributed by atoms with Crippen molar-refractivity contribution in [1.82, 2.24) is 24.0 Å². The summed E-state index contributed by atoms with van der Waals surface area (Å²) in [5.74, 6) is 0.970. The Labute approximate surface area is 191 Å². The molecule has 2 heterocycles. The molecule has 0 spiro atoms. The lowest BCUT2D eigenvalue weighted by atomic mass is 10.1. The van der Waals surface area contributed by atoms with Crippen LogP contribution in [-0.2, 0) is 19.8 Å². The molecule has 2 aromatic carbocycles. The third kappa shape index (κ3) is 4.24. The van der Waals surface area contributed by atoms with E-state index in [1.54, 1.807) is 31.4 Å². The van der Waals surface area contributed by atoms with Crippen molar-refractivity contribution >= 4 is 17.2 Å². The largest absolute Gasteiger partial charge is 0.497 e. The molecule has 0 saturated carbocycles. The number of methoxy groups -OCH3 is 1. The molecule has 4 aromatic rings. The molecular formula is C23H20F3N5O3. The number of aromatic nitrogens is 4. The number of rotatable bonds is 4. The van der Waals surface area contributed by atoms with Crippen molar-refractivity contribution in [2.24, 2.45) is 7.05 Å². The van der Waals surface area contributed by atoms with Crippen molar-refractivity contribution in [3.63, 3.8) is 0 Å². The Bertz CT molecular complexity index is 1420. The van der Waals surface area contributed by atoms with Crippen LogP contribution in [0.3, 0.4) is 0 Å². The molecule has 0 atom stereocenters. The van der Waals surface area contributed by atoms with Gasteiger partial charge >= 0.3 is 17.9 Å². The number of aryl methyl sites for hydroxylation is 1. The van der Waals surface area contributed by atoms with Gasteiger partial charge in [-0.25, -0.2) is 24.1 Å². The van der Waals surface area contributed by atoms with Crippen molar-refractivity contribution < 1.29 is 22.7 Å². The van der Waals surface area contributed by atoms with Gasteiger partial charge < -0.3 is 9.64 Å². The van der Waals surface area contributed by atoms with E-state index in [1.165, 1.54) is 41.9 Å². The second-order valence-electron chi connectivity index (χ2n) is 7.64. The smallest absolute Gasteiger partial charge is 0.416 e. The highest BCUT2D eigenvalue weighted by Gasteiger charge is 2.30. The minimum absolute atomic E-state index is 0.00253. The van der Waals surface area contributed by atoms with Crippen LogP contribution in [-0.4, -0.2) is 44.2 Å². The van der Waals surface area contributed by atoms with Gasteiger partial charge in [0.2, 0.25) is 0 Å². The minimum Gasteiger partial charge on any atom is -0.497 e. The van der Waals surface area contributed by atoms with Crippen molar-refractivity contribution in [1.29, 1.82) is 0 Å². The zero-order valence-corrected chi connectivity index (χ0v) is 18.5. The van der Waals surface area contributed by atoms with Gasteiger partial charge in [0.15, 0.2) is 11.5 Å². The second kappa shape index (κ2) is 8.65. The third-order valence-electron chi connectivity index (χ3n) is 5.33. The lowest BCUT2D eigenvalue weighted by molar-refractivity contribution is -0.137. The van der Waals surface area contributed by atoms with Gasteiger partial charge in [0.25, 0.3) is 0 Å². The van der Waals surface area contributed by atoms with E-state index < -0.39 is 23.5 Å². The van der Waals surface area contributed by atoms with E-state index in [0.29, 0.717) is 22.7 Å². The van der Waals surface area contributed by atoms with Gasteiger partial charge in [-0.1, -0.05) is 24.3 Å². The predicted octanol–water partition coefficient (Wildman–Crippen LogP) is 3.92. The van der Waals surface area contributed by atoms with Crippen LogP contribution in [0.5, 0.6) is 5.75 Å². The average molecular weight is 471 g/mol. The Morgan fingerprint density at radius 1 is 1.15 bits per heavy atom. The molecule has 0 fully saturated rings. The number of nitrogens with zero attached hydrogens (tertiary/aromatic N) is 5. The van der Waals surface area contributed by atoms with E-state index >= 15 is 0 Å². The topological polar surface area (TPSA) is 82.2 Å². The molecule has 0 unspecified atom stereocenters. The Hall–Kier alpha value is -4.15. The number of hydrogen-bond acceptors (Lipinski definition) is 5. The van der Waals surface area contributed by atoms with Crippen molar-refractivity contribution in [2.75, 3.05) is 14.2 Å². The molecular weight excluding hydrogens is 451 g/mol. The van der Waals surface area contributed by atoms with E-state index in [9.17, 15) is 22.8 Å². The van der Waals surface area contributed by atoms with Gasteiger partial charge in [0.1, 0.15) is 11.3 Å². The molecule has 4 rings (SSSR count). The fourth-order valence-electron chi connectivity index (χ4n) is 3.51. The van der Waals surface area contributed by atoms with Crippen LogP contribution >= 0.6 is 0 Å². The van der Waals surface area contributed by atoms with Gasteiger partial charge in [-0.3, -0.25) is 4.57 Å². The first-order valence-electron chi connectivity index (χ1n) is 10.1. The molecule has 0 aliphatic rings. The summed E-state index contributed by atoms with van der Waals surface area (Å²) in [5, 5.41) is 0. The summed E-state index contributed by atoms with van der Waals surface area (Å²) >= 11 is 0. The van der Waals surface area contributed by atoms with E-state index in [4.69, 9.17) is 4.74 Å². The highest BCUT2D eigenvalue weighted by molar-refractivity contribution is 5.88. The lowest BCUT2D eigenvalue weighted by Gasteiger charge is -2.17. The number of carbonyl (C=O) groups excluding carboxylic acids is 1. The van der Waals surface area contributed by atoms with Crippen molar-refractivity contribution in [2.45, 2.75) is 12.7 Å². The molecule has 34 heavy (non-hydrogen) atoms. The lowest BCUT2D eigenvalue weighted by Crippen LogP contribution is -2.37. The summed E-state index contributed by atoms with van der Waals surface area (Å²) in [4.78, 5) is 35.9. The molecule has 0 radical (unpaired) electrons. The van der Waals surface area contributed by atoms with Gasteiger partial charge in [-0.15, -0.1) is 0 Å². The van der Waals surface area contributed by atoms with Crippen LogP contribution in [0.2, 0.25) is 0 Å². The third-order valence-corrected chi connectivity index (χ3v) is 5.33. The maximum atomic E-state index is 13.1. The molecule has 8 nitrogen and oxygen atoms in total. The van der Waals surface area contributed by atoms with Gasteiger partial charge in [0.05, 0.1) is 18.9 Å². The first-order valence-corrected chi connectivity index (χ1v) is 10.1. The number of halogens is 3. The van der Waals surface area contributed by atoms with E-state index in [-0.39, 0.29) is 17.7 Å². The summed E-state index contributed by atoms with van der Waals surface area (Å²) in [6, 6.07) is 10.9. The SMILES string of the molecule is COc1cccc(-c2ncc3c(n2)n(C)c(=O)n3C(=O)N(C)Cc2ccc(C(F)(F)F)cc2)c1. The summed E-state index contributed by atoms with van der Waals surface area (Å²) < 4.78 is 45.7. The molecule has 2 aromatic heterocycles. The average Bonchev–Trinajstić information content (AvgIpc) is 3.07. The summed E-state index contributed by atoms with van der Waals surface area (Å²) in [6.45, 7) is 0.00253. The van der Waals surface area contributed by atoms with Crippen LogP contribution < -0.4 is 10.4 Å². The van der Waals surface area contributed by atoms with E-state index in [1.807, 2.05) is 0 Å². The normalized spacial score (nSPS) is 11.6. The fraction of sp³-hybridized carbons (Fsp3) is 0.217. The summed E-state index contributed by atoms with van der Waals surface area (Å²) in [5.41, 5.74) is 0.231. The first-order chi connectivity index (χ1) is 16.1. The molecule has 1 amide bonds. The van der Waals surface area contributed by atoms with Crippen LogP contribution in [0.25, 0.3) is 22.6 Å². The predicted molar refractivity (Wildman–Crippen MR) is 118 cm³/mol. The molecule has 0 bridgehead atoms. The molecule has 11 heteroatoms. The number of fused-ring (bicyclic) bond motifs is 1. The number of benzene rings is 2. The maximum Gasteiger partial charge on any atom is 0.416 e. The van der Waals surface area contributed by atoms with Crippen molar-refractivity contribution in [3.05, 3.63) is 76.3 Å². The molecule has 176 valence electrons. The first kappa shape index (κ1) is 23.0. The monoisotopic (exact) mass is 471 g/mol. The Morgan fingerprint density at radius 2 is 1.85 bits per heavy atom. The second-order valence-corrected chi connectivity index (χ2v) is 7.64. The number of ether oxygens (including phenoxy) is 1. The molecule has 0 aliphatic carbocycles. The highest BCUT2D eigenvalue weighted by atomic mass is 19.4. The molecule has 0 saturated heterocycles. The molecule has 0 aliphatic heterocycles. The summed E-state index contributed by atoms with van der Waals surface area (Å²) in [7, 11) is 4.49. The zero-order valence-electron chi connectivity index (χ0n) is 18.5. The number of imidazole rings is 1. The van der Waals surface area contributed by atoms with E-state index in [2.05, 4.69) is 9.97 Å². The number of amides is 1. The Balaban J connectivity index is 1.65. The summed E-state index contributed by atoms with van der Waals surface area (Å²) in [6.07, 6.45) is -3.05. The highest BCUT2D eigenvalue weighted by Crippen LogP contribution is 2.29. The van der Waals surface area contributed by atoms with Gasteiger partial charge in [-0.05, 0) is 29.8 Å². The standard InChI is InChI=1S/C23H20F3N5O3/c1-29(13-14-7-9-16(10-8-14)23(24,25)26)21(32)31-18-12-27-19(28-20(18)30(2)22(31)33)15-5-4-6-17(11-15)34-3/h4-12H,13H2,1-3H3. The maximum absolute atomic E-state index is 13.1. The van der Waals surface area contributed by atoms with Crippen LogP contribution in [0.1, 0.15) is 11.1 Å². The van der Waals surface area contributed by atoms with Crippen LogP contribution in [0.15, 0.2) is 59.5 Å². The number of carbonyl (C=O) groups is 1. The van der Waals surface area contributed by atoms with Gasteiger partial charge in [-0.2, -0.15) is 13.2 Å². The van der Waals surface area contributed by atoms with Crippen LogP contribution in [0.4, 0.5) is 18.0 Å².